The Hall–Kier alpha value is -2.35. The second-order valence-corrected chi connectivity index (χ2v) is 7.83. The Balaban J connectivity index is 1.50. The molecule has 6 nitrogen and oxygen atoms in total. The highest BCUT2D eigenvalue weighted by molar-refractivity contribution is 7.99. The van der Waals surface area contributed by atoms with E-state index in [-0.39, 0.29) is 11.8 Å². The minimum Gasteiger partial charge on any atom is -0.383 e. The molecule has 2 amide bonds. The van der Waals surface area contributed by atoms with Crippen LogP contribution in [-0.2, 0) is 11.3 Å². The maximum atomic E-state index is 12.5. The van der Waals surface area contributed by atoms with E-state index in [1.807, 2.05) is 18.2 Å². The zero-order chi connectivity index (χ0) is 19.7. The first kappa shape index (κ1) is 19.0. The predicted octanol–water partition coefficient (Wildman–Crippen LogP) is 3.72. The van der Waals surface area contributed by atoms with Crippen LogP contribution in [-0.4, -0.2) is 52.3 Å². The first-order valence-electron chi connectivity index (χ1n) is 8.83. The molecule has 1 aliphatic rings. The molecule has 8 heteroatoms. The van der Waals surface area contributed by atoms with Gasteiger partial charge in [-0.15, -0.1) is 0 Å². The van der Waals surface area contributed by atoms with Crippen molar-refractivity contribution in [2.45, 2.75) is 11.7 Å². The molecule has 0 saturated carbocycles. The van der Waals surface area contributed by atoms with E-state index in [2.05, 4.69) is 9.55 Å². The van der Waals surface area contributed by atoms with Crippen molar-refractivity contribution in [2.24, 2.45) is 0 Å². The van der Waals surface area contributed by atoms with Crippen molar-refractivity contribution in [3.05, 3.63) is 58.6 Å². The van der Waals surface area contributed by atoms with Gasteiger partial charge in [0.1, 0.15) is 0 Å². The van der Waals surface area contributed by atoms with Crippen LogP contribution in [0.1, 0.15) is 20.7 Å². The number of carbonyl (C=O) groups excluding carboxylic acids is 2. The van der Waals surface area contributed by atoms with Crippen LogP contribution in [0.4, 0.5) is 0 Å². The summed E-state index contributed by atoms with van der Waals surface area (Å²) < 4.78 is 7.28. The molecule has 144 valence electrons. The molecular weight excluding hydrogens is 398 g/mol. The first-order chi connectivity index (χ1) is 13.6. The Morgan fingerprint density at radius 3 is 2.46 bits per heavy atom. The number of imidazole rings is 1. The second kappa shape index (κ2) is 7.95. The van der Waals surface area contributed by atoms with Gasteiger partial charge >= 0.3 is 0 Å². The number of benzene rings is 2. The van der Waals surface area contributed by atoms with Crippen molar-refractivity contribution in [3.63, 3.8) is 0 Å². The van der Waals surface area contributed by atoms with Crippen LogP contribution < -0.4 is 0 Å². The SMILES string of the molecule is COCCn1c(SCCN2C(=O)c3ccccc3C2=O)nc2cc(Cl)ccc21. The van der Waals surface area contributed by atoms with Crippen LogP contribution in [0.5, 0.6) is 0 Å². The highest BCUT2D eigenvalue weighted by Gasteiger charge is 2.34. The topological polar surface area (TPSA) is 64.4 Å². The molecule has 0 bridgehead atoms. The van der Waals surface area contributed by atoms with Gasteiger partial charge in [-0.25, -0.2) is 4.98 Å². The maximum absolute atomic E-state index is 12.5. The van der Waals surface area contributed by atoms with Gasteiger partial charge in [0, 0.05) is 31.0 Å². The van der Waals surface area contributed by atoms with Crippen molar-refractivity contribution >= 4 is 46.2 Å². The minimum atomic E-state index is -0.235. The zero-order valence-electron chi connectivity index (χ0n) is 15.2. The molecule has 0 N–H and O–H groups in total. The van der Waals surface area contributed by atoms with Gasteiger partial charge in [-0.3, -0.25) is 14.5 Å². The fourth-order valence-corrected chi connectivity index (χ4v) is 4.39. The summed E-state index contributed by atoms with van der Waals surface area (Å²) in [5, 5.41) is 1.44. The van der Waals surface area contributed by atoms with E-state index in [9.17, 15) is 9.59 Å². The summed E-state index contributed by atoms with van der Waals surface area (Å²) in [6, 6.07) is 12.5. The Labute approximate surface area is 171 Å². The maximum Gasteiger partial charge on any atom is 0.261 e. The molecule has 1 aromatic heterocycles. The Bertz CT molecular complexity index is 1030. The first-order valence-corrected chi connectivity index (χ1v) is 10.2. The molecule has 0 atom stereocenters. The fourth-order valence-electron chi connectivity index (χ4n) is 3.26. The standard InChI is InChI=1S/C20H18ClN3O3S/c1-27-10-8-23-17-7-6-13(21)12-16(17)22-20(23)28-11-9-24-18(25)14-4-2-3-5-15(14)19(24)26/h2-7,12H,8-11H2,1H3. The summed E-state index contributed by atoms with van der Waals surface area (Å²) in [6.07, 6.45) is 0. The molecule has 4 rings (SSSR count). The van der Waals surface area contributed by atoms with E-state index < -0.39 is 0 Å². The number of amides is 2. The third kappa shape index (κ3) is 3.41. The number of hydrogen-bond donors (Lipinski definition) is 0. The van der Waals surface area contributed by atoms with E-state index >= 15 is 0 Å². The van der Waals surface area contributed by atoms with Gasteiger partial charge in [0.25, 0.3) is 11.8 Å². The third-order valence-electron chi connectivity index (χ3n) is 4.62. The molecule has 2 aromatic carbocycles. The normalized spacial score (nSPS) is 13.6. The minimum absolute atomic E-state index is 0.235. The summed E-state index contributed by atoms with van der Waals surface area (Å²) >= 11 is 7.59. The quantitative estimate of drug-likeness (QED) is 0.434. The van der Waals surface area contributed by atoms with Crippen molar-refractivity contribution in [1.29, 1.82) is 0 Å². The van der Waals surface area contributed by atoms with Gasteiger partial charge in [-0.1, -0.05) is 35.5 Å². The van der Waals surface area contributed by atoms with Gasteiger partial charge in [-0.2, -0.15) is 0 Å². The van der Waals surface area contributed by atoms with E-state index in [1.165, 1.54) is 16.7 Å². The summed E-state index contributed by atoms with van der Waals surface area (Å²) in [5.74, 6) is 0.0805. The lowest BCUT2D eigenvalue weighted by Gasteiger charge is -2.13. The Morgan fingerprint density at radius 2 is 1.79 bits per heavy atom. The van der Waals surface area contributed by atoms with Gasteiger partial charge in [0.15, 0.2) is 5.16 Å². The highest BCUT2D eigenvalue weighted by atomic mass is 35.5. The van der Waals surface area contributed by atoms with Gasteiger partial charge < -0.3 is 9.30 Å². The number of carbonyl (C=O) groups is 2. The number of ether oxygens (including phenoxy) is 1. The van der Waals surface area contributed by atoms with Crippen LogP contribution in [0, 0.1) is 0 Å². The van der Waals surface area contributed by atoms with E-state index in [0.717, 1.165) is 16.2 Å². The molecule has 0 spiro atoms. The third-order valence-corrected chi connectivity index (χ3v) is 5.81. The van der Waals surface area contributed by atoms with Gasteiger partial charge in [-0.05, 0) is 30.3 Å². The van der Waals surface area contributed by atoms with Crippen molar-refractivity contribution in [3.8, 4) is 0 Å². The van der Waals surface area contributed by atoms with Crippen LogP contribution in [0.15, 0.2) is 47.6 Å². The van der Waals surface area contributed by atoms with Crippen molar-refractivity contribution in [1.82, 2.24) is 14.5 Å². The summed E-state index contributed by atoms with van der Waals surface area (Å²) in [5.41, 5.74) is 2.73. The molecule has 0 aliphatic carbocycles. The highest BCUT2D eigenvalue weighted by Crippen LogP contribution is 2.28. The van der Waals surface area contributed by atoms with Gasteiger partial charge in [0.2, 0.25) is 0 Å². The molecule has 28 heavy (non-hydrogen) atoms. The van der Waals surface area contributed by atoms with E-state index in [0.29, 0.717) is 41.6 Å². The lowest BCUT2D eigenvalue weighted by atomic mass is 10.1. The summed E-state index contributed by atoms with van der Waals surface area (Å²) in [7, 11) is 1.66. The number of methoxy groups -OCH3 is 1. The number of imide groups is 1. The smallest absolute Gasteiger partial charge is 0.261 e. The Kier molecular flexibility index (Phi) is 5.39. The molecule has 0 unspecified atom stereocenters. The fraction of sp³-hybridized carbons (Fsp3) is 0.250. The van der Waals surface area contributed by atoms with Crippen molar-refractivity contribution in [2.75, 3.05) is 26.0 Å². The molecule has 0 radical (unpaired) electrons. The van der Waals surface area contributed by atoms with Crippen LogP contribution in [0.25, 0.3) is 11.0 Å². The number of halogens is 1. The molecule has 0 saturated heterocycles. The second-order valence-electron chi connectivity index (χ2n) is 6.33. The van der Waals surface area contributed by atoms with Crippen molar-refractivity contribution < 1.29 is 14.3 Å². The monoisotopic (exact) mass is 415 g/mol. The average Bonchev–Trinajstić information content (AvgIpc) is 3.16. The lowest BCUT2D eigenvalue weighted by Crippen LogP contribution is -2.31. The van der Waals surface area contributed by atoms with Gasteiger partial charge in [0.05, 0.1) is 28.8 Å². The van der Waals surface area contributed by atoms with E-state index in [1.54, 1.807) is 31.4 Å². The van der Waals surface area contributed by atoms with Crippen LogP contribution in [0.3, 0.4) is 0 Å². The predicted molar refractivity (Wildman–Crippen MR) is 109 cm³/mol. The number of fused-ring (bicyclic) bond motifs is 2. The molecule has 1 aliphatic heterocycles. The largest absolute Gasteiger partial charge is 0.383 e. The summed E-state index contributed by atoms with van der Waals surface area (Å²) in [6.45, 7) is 1.54. The number of nitrogens with zero attached hydrogens (tertiary/aromatic N) is 3. The van der Waals surface area contributed by atoms with Crippen LogP contribution in [0.2, 0.25) is 5.02 Å². The van der Waals surface area contributed by atoms with Crippen LogP contribution >= 0.6 is 23.4 Å². The number of hydrogen-bond acceptors (Lipinski definition) is 5. The molecular formula is C20H18ClN3O3S. The average molecular weight is 416 g/mol. The lowest BCUT2D eigenvalue weighted by molar-refractivity contribution is 0.0664. The zero-order valence-corrected chi connectivity index (χ0v) is 16.8. The summed E-state index contributed by atoms with van der Waals surface area (Å²) in [4.78, 5) is 30.9. The Morgan fingerprint density at radius 1 is 1.07 bits per heavy atom. The number of aromatic nitrogens is 2. The molecule has 0 fully saturated rings. The number of rotatable bonds is 7. The molecule has 2 heterocycles. The van der Waals surface area contributed by atoms with E-state index in [4.69, 9.17) is 16.3 Å². The number of thioether (sulfide) groups is 1. The molecule has 3 aromatic rings.